The fraction of sp³-hybridized carbons (Fsp3) is 0.400. The summed E-state index contributed by atoms with van der Waals surface area (Å²) < 4.78 is 0. The molecule has 0 spiro atoms. The maximum Gasteiger partial charge on any atom is 0.0625 e. The smallest absolute Gasteiger partial charge is 0.0625 e. The van der Waals surface area contributed by atoms with Crippen LogP contribution in [0.25, 0.3) is 0 Å². The molecule has 0 amide bonds. The highest BCUT2D eigenvalue weighted by atomic mass is 35.5. The van der Waals surface area contributed by atoms with Crippen LogP contribution in [0.3, 0.4) is 0 Å². The van der Waals surface area contributed by atoms with Crippen molar-refractivity contribution in [2.24, 2.45) is 5.92 Å². The van der Waals surface area contributed by atoms with Crippen LogP contribution < -0.4 is 0 Å². The number of halogens is 1. The van der Waals surface area contributed by atoms with Crippen LogP contribution in [-0.2, 0) is 12.8 Å². The second kappa shape index (κ2) is 5.50. The molecular weight excluding hydrogens is 276 g/mol. The minimum absolute atomic E-state index is 0.107. The van der Waals surface area contributed by atoms with Gasteiger partial charge in [0.1, 0.15) is 0 Å². The number of hydrogen-bond donors (Lipinski definition) is 0. The third-order valence-corrected chi connectivity index (χ3v) is 5.77. The standard InChI is InChI=1S/C20H23Cl/c1-12-9-13(2)15(4)19(14(12)3)20(21)18-10-16-7-5-6-8-17(16)11-18/h5-9,18,20H,10-11H2,1-4H3. The summed E-state index contributed by atoms with van der Waals surface area (Å²) in [6.45, 7) is 8.82. The second-order valence-corrected chi connectivity index (χ2v) is 6.98. The van der Waals surface area contributed by atoms with Crippen molar-refractivity contribution >= 4 is 11.6 Å². The van der Waals surface area contributed by atoms with Crippen molar-refractivity contribution in [1.29, 1.82) is 0 Å². The first-order chi connectivity index (χ1) is 9.99. The Hall–Kier alpha value is -1.27. The zero-order chi connectivity index (χ0) is 15.1. The maximum atomic E-state index is 6.96. The average molecular weight is 299 g/mol. The average Bonchev–Trinajstić information content (AvgIpc) is 2.89. The zero-order valence-corrected chi connectivity index (χ0v) is 14.1. The molecule has 0 heterocycles. The molecule has 2 aromatic rings. The minimum atomic E-state index is 0.107. The Bertz CT molecular complexity index is 633. The Morgan fingerprint density at radius 2 is 1.38 bits per heavy atom. The van der Waals surface area contributed by atoms with Gasteiger partial charge in [0.05, 0.1) is 5.38 Å². The van der Waals surface area contributed by atoms with Crippen LogP contribution in [0.15, 0.2) is 30.3 Å². The van der Waals surface area contributed by atoms with Crippen molar-refractivity contribution in [3.05, 3.63) is 69.3 Å². The van der Waals surface area contributed by atoms with E-state index < -0.39 is 0 Å². The molecule has 1 atom stereocenters. The molecule has 3 rings (SSSR count). The van der Waals surface area contributed by atoms with Crippen molar-refractivity contribution < 1.29 is 0 Å². The summed E-state index contributed by atoms with van der Waals surface area (Å²) >= 11 is 6.96. The maximum absolute atomic E-state index is 6.96. The molecule has 1 heteroatoms. The van der Waals surface area contributed by atoms with E-state index in [9.17, 15) is 0 Å². The summed E-state index contributed by atoms with van der Waals surface area (Å²) in [6, 6.07) is 11.1. The van der Waals surface area contributed by atoms with Gasteiger partial charge in [-0.15, -0.1) is 11.6 Å². The molecule has 110 valence electrons. The van der Waals surface area contributed by atoms with Crippen LogP contribution in [-0.4, -0.2) is 0 Å². The third-order valence-electron chi connectivity index (χ3n) is 5.20. The van der Waals surface area contributed by atoms with Crippen molar-refractivity contribution in [2.45, 2.75) is 45.9 Å². The number of aryl methyl sites for hydroxylation is 2. The highest BCUT2D eigenvalue weighted by molar-refractivity contribution is 6.21. The zero-order valence-electron chi connectivity index (χ0n) is 13.3. The van der Waals surface area contributed by atoms with Gasteiger partial charge in [-0.1, -0.05) is 30.3 Å². The predicted octanol–water partition coefficient (Wildman–Crippen LogP) is 5.62. The minimum Gasteiger partial charge on any atom is -0.117 e. The van der Waals surface area contributed by atoms with Crippen molar-refractivity contribution in [1.82, 2.24) is 0 Å². The first-order valence-electron chi connectivity index (χ1n) is 7.77. The molecule has 2 aromatic carbocycles. The second-order valence-electron chi connectivity index (χ2n) is 6.51. The third kappa shape index (κ3) is 2.51. The van der Waals surface area contributed by atoms with Crippen LogP contribution in [0.5, 0.6) is 0 Å². The van der Waals surface area contributed by atoms with Crippen molar-refractivity contribution in [2.75, 3.05) is 0 Å². The van der Waals surface area contributed by atoms with Gasteiger partial charge in [0.25, 0.3) is 0 Å². The van der Waals surface area contributed by atoms with Gasteiger partial charge in [0.15, 0.2) is 0 Å². The molecule has 1 unspecified atom stereocenters. The lowest BCUT2D eigenvalue weighted by Crippen LogP contribution is -2.12. The Balaban J connectivity index is 1.96. The molecule has 1 aliphatic rings. The van der Waals surface area contributed by atoms with Crippen LogP contribution in [0, 0.1) is 33.6 Å². The van der Waals surface area contributed by atoms with Gasteiger partial charge in [-0.25, -0.2) is 0 Å². The van der Waals surface area contributed by atoms with Gasteiger partial charge in [0, 0.05) is 0 Å². The number of hydrogen-bond acceptors (Lipinski definition) is 0. The Morgan fingerprint density at radius 3 is 1.86 bits per heavy atom. The monoisotopic (exact) mass is 298 g/mol. The molecule has 0 nitrogen and oxygen atoms in total. The van der Waals surface area contributed by atoms with Crippen LogP contribution in [0.1, 0.15) is 44.3 Å². The van der Waals surface area contributed by atoms with Gasteiger partial charge in [0.2, 0.25) is 0 Å². The fourth-order valence-electron chi connectivity index (χ4n) is 3.70. The van der Waals surface area contributed by atoms with E-state index in [2.05, 4.69) is 58.0 Å². The Morgan fingerprint density at radius 1 is 0.905 bits per heavy atom. The first kappa shape index (κ1) is 14.7. The molecule has 0 saturated heterocycles. The van der Waals surface area contributed by atoms with E-state index in [0.717, 1.165) is 12.8 Å². The summed E-state index contributed by atoms with van der Waals surface area (Å²) in [6.07, 6.45) is 2.21. The van der Waals surface area contributed by atoms with Gasteiger partial charge < -0.3 is 0 Å². The van der Waals surface area contributed by atoms with Crippen LogP contribution in [0.2, 0.25) is 0 Å². The van der Waals surface area contributed by atoms with E-state index in [1.807, 2.05) is 0 Å². The molecular formula is C20H23Cl. The van der Waals surface area contributed by atoms with E-state index in [-0.39, 0.29) is 5.38 Å². The van der Waals surface area contributed by atoms with Gasteiger partial charge in [-0.05, 0) is 85.4 Å². The molecule has 0 bridgehead atoms. The number of alkyl halides is 1. The molecule has 0 aliphatic heterocycles. The summed E-state index contributed by atoms with van der Waals surface area (Å²) in [7, 11) is 0. The quantitative estimate of drug-likeness (QED) is 0.632. The van der Waals surface area contributed by atoms with Gasteiger partial charge in [-0.2, -0.15) is 0 Å². The first-order valence-corrected chi connectivity index (χ1v) is 8.20. The Labute approximate surface area is 133 Å². The highest BCUT2D eigenvalue weighted by Gasteiger charge is 2.30. The summed E-state index contributed by atoms with van der Waals surface area (Å²) in [5.41, 5.74) is 9.78. The van der Waals surface area contributed by atoms with E-state index in [1.54, 1.807) is 0 Å². The van der Waals surface area contributed by atoms with Crippen molar-refractivity contribution in [3.63, 3.8) is 0 Å². The summed E-state index contributed by atoms with van der Waals surface area (Å²) in [5, 5.41) is 0.107. The van der Waals surface area contributed by atoms with E-state index in [0.29, 0.717) is 5.92 Å². The molecule has 0 aromatic heterocycles. The topological polar surface area (TPSA) is 0 Å². The van der Waals surface area contributed by atoms with Crippen molar-refractivity contribution in [3.8, 4) is 0 Å². The molecule has 0 N–H and O–H groups in total. The molecule has 0 saturated carbocycles. The SMILES string of the molecule is Cc1cc(C)c(C)c(C(Cl)C2Cc3ccccc3C2)c1C. The summed E-state index contributed by atoms with van der Waals surface area (Å²) in [5.74, 6) is 0.516. The van der Waals surface area contributed by atoms with Gasteiger partial charge in [-0.3, -0.25) is 0 Å². The Kier molecular flexibility index (Phi) is 3.84. The summed E-state index contributed by atoms with van der Waals surface area (Å²) in [4.78, 5) is 0. The lowest BCUT2D eigenvalue weighted by Gasteiger charge is -2.24. The lowest BCUT2D eigenvalue weighted by atomic mass is 9.86. The molecule has 0 radical (unpaired) electrons. The molecule has 0 fully saturated rings. The lowest BCUT2D eigenvalue weighted by molar-refractivity contribution is 0.537. The normalized spacial score (nSPS) is 16.0. The van der Waals surface area contributed by atoms with Crippen LogP contribution >= 0.6 is 11.6 Å². The van der Waals surface area contributed by atoms with Gasteiger partial charge >= 0.3 is 0 Å². The number of fused-ring (bicyclic) bond motifs is 1. The predicted molar refractivity (Wildman–Crippen MR) is 91.3 cm³/mol. The van der Waals surface area contributed by atoms with E-state index >= 15 is 0 Å². The van der Waals surface area contributed by atoms with E-state index in [4.69, 9.17) is 11.6 Å². The number of rotatable bonds is 2. The molecule has 21 heavy (non-hydrogen) atoms. The number of benzene rings is 2. The molecule has 1 aliphatic carbocycles. The van der Waals surface area contributed by atoms with E-state index in [1.165, 1.54) is 38.9 Å². The fourth-order valence-corrected chi connectivity index (χ4v) is 4.20. The largest absolute Gasteiger partial charge is 0.117 e. The van der Waals surface area contributed by atoms with Crippen LogP contribution in [0.4, 0.5) is 0 Å². The highest BCUT2D eigenvalue weighted by Crippen LogP contribution is 2.42.